The molecule has 0 bridgehead atoms. The molecule has 1 aliphatic heterocycles. The van der Waals surface area contributed by atoms with Crippen LogP contribution in [0.2, 0.25) is 0 Å². The van der Waals surface area contributed by atoms with Gasteiger partial charge in [-0.25, -0.2) is 4.79 Å². The van der Waals surface area contributed by atoms with Crippen molar-refractivity contribution in [1.82, 2.24) is 15.1 Å². The maximum Gasteiger partial charge on any atom is 0.317 e. The van der Waals surface area contributed by atoms with E-state index in [1.807, 2.05) is 32.6 Å². The molecular weight excluding hydrogens is 214 g/mol. The van der Waals surface area contributed by atoms with Gasteiger partial charge in [0.05, 0.1) is 0 Å². The average Bonchev–Trinajstić information content (AvgIpc) is 2.43. The van der Waals surface area contributed by atoms with Gasteiger partial charge in [-0.05, 0) is 13.0 Å². The fourth-order valence-corrected chi connectivity index (χ4v) is 1.65. The molecule has 4 nitrogen and oxygen atoms in total. The molecule has 2 amide bonds. The third kappa shape index (κ3) is 8.02. The van der Waals surface area contributed by atoms with Crippen molar-refractivity contribution in [3.05, 3.63) is 0 Å². The summed E-state index contributed by atoms with van der Waals surface area (Å²) in [6.45, 7) is 15.1. The number of piperazine rings is 1. The Morgan fingerprint density at radius 1 is 1.06 bits per heavy atom. The van der Waals surface area contributed by atoms with E-state index >= 15 is 0 Å². The molecule has 0 aromatic heterocycles. The zero-order valence-corrected chi connectivity index (χ0v) is 12.5. The summed E-state index contributed by atoms with van der Waals surface area (Å²) < 4.78 is 0. The lowest BCUT2D eigenvalue weighted by Crippen LogP contribution is -2.51. The highest BCUT2D eigenvalue weighted by Crippen LogP contribution is 2.01. The van der Waals surface area contributed by atoms with Crippen LogP contribution in [0.3, 0.4) is 0 Å². The van der Waals surface area contributed by atoms with E-state index in [2.05, 4.69) is 17.1 Å². The number of amides is 2. The largest absolute Gasteiger partial charge is 0.341 e. The van der Waals surface area contributed by atoms with Gasteiger partial charge >= 0.3 is 6.03 Å². The summed E-state index contributed by atoms with van der Waals surface area (Å²) in [5.74, 6) is 0. The molecule has 1 saturated heterocycles. The van der Waals surface area contributed by atoms with Crippen molar-refractivity contribution in [3.8, 4) is 0 Å². The highest BCUT2D eigenvalue weighted by molar-refractivity contribution is 5.73. The van der Waals surface area contributed by atoms with Crippen LogP contribution in [-0.4, -0.2) is 55.6 Å². The molecule has 1 rings (SSSR count). The second-order valence-electron chi connectivity index (χ2n) is 3.38. The SMILES string of the molecule is CC.CC.CCCN1CCN(C(=O)NC)CC1. The lowest BCUT2D eigenvalue weighted by Gasteiger charge is -2.34. The van der Waals surface area contributed by atoms with E-state index in [0.717, 1.165) is 32.7 Å². The average molecular weight is 245 g/mol. The van der Waals surface area contributed by atoms with Gasteiger partial charge in [0.2, 0.25) is 0 Å². The van der Waals surface area contributed by atoms with Gasteiger partial charge in [0.15, 0.2) is 0 Å². The Kier molecular flexibility index (Phi) is 14.5. The van der Waals surface area contributed by atoms with Gasteiger partial charge in [-0.1, -0.05) is 34.6 Å². The van der Waals surface area contributed by atoms with Crippen molar-refractivity contribution in [1.29, 1.82) is 0 Å². The van der Waals surface area contributed by atoms with Crippen LogP contribution in [0.1, 0.15) is 41.0 Å². The molecule has 1 aliphatic rings. The van der Waals surface area contributed by atoms with Crippen LogP contribution in [0.4, 0.5) is 4.79 Å². The molecule has 17 heavy (non-hydrogen) atoms. The summed E-state index contributed by atoms with van der Waals surface area (Å²) in [5.41, 5.74) is 0. The second-order valence-corrected chi connectivity index (χ2v) is 3.38. The first-order chi connectivity index (χ1) is 8.27. The van der Waals surface area contributed by atoms with Crippen LogP contribution in [0.5, 0.6) is 0 Å². The van der Waals surface area contributed by atoms with E-state index in [1.54, 1.807) is 7.05 Å². The van der Waals surface area contributed by atoms with Crippen molar-refractivity contribution >= 4 is 6.03 Å². The number of hydrogen-bond donors (Lipinski definition) is 1. The van der Waals surface area contributed by atoms with E-state index in [4.69, 9.17) is 0 Å². The van der Waals surface area contributed by atoms with Gasteiger partial charge in [0, 0.05) is 33.2 Å². The molecular formula is C13H31N3O. The maximum absolute atomic E-state index is 11.2. The zero-order chi connectivity index (χ0) is 13.7. The highest BCUT2D eigenvalue weighted by Gasteiger charge is 2.18. The molecule has 1 fully saturated rings. The van der Waals surface area contributed by atoms with E-state index in [-0.39, 0.29) is 6.03 Å². The number of nitrogens with zero attached hydrogens (tertiary/aromatic N) is 2. The first kappa shape index (κ1) is 18.6. The predicted molar refractivity (Wildman–Crippen MR) is 75.5 cm³/mol. The Bertz CT molecular complexity index is 166. The summed E-state index contributed by atoms with van der Waals surface area (Å²) in [5, 5.41) is 2.65. The van der Waals surface area contributed by atoms with Crippen LogP contribution in [0, 0.1) is 0 Å². The quantitative estimate of drug-likeness (QED) is 0.811. The molecule has 0 radical (unpaired) electrons. The predicted octanol–water partition coefficient (Wildman–Crippen LogP) is 2.41. The summed E-state index contributed by atoms with van der Waals surface area (Å²) in [7, 11) is 1.68. The van der Waals surface area contributed by atoms with E-state index in [0.29, 0.717) is 0 Å². The highest BCUT2D eigenvalue weighted by atomic mass is 16.2. The van der Waals surface area contributed by atoms with E-state index < -0.39 is 0 Å². The Balaban J connectivity index is 0. The molecule has 104 valence electrons. The molecule has 0 saturated carbocycles. The first-order valence-electron chi connectivity index (χ1n) is 6.97. The molecule has 0 aliphatic carbocycles. The maximum atomic E-state index is 11.2. The minimum Gasteiger partial charge on any atom is -0.341 e. The van der Waals surface area contributed by atoms with Crippen LogP contribution in [0.25, 0.3) is 0 Å². The molecule has 0 atom stereocenters. The number of carbonyl (C=O) groups is 1. The third-order valence-corrected chi connectivity index (χ3v) is 2.41. The van der Waals surface area contributed by atoms with Crippen LogP contribution >= 0.6 is 0 Å². The van der Waals surface area contributed by atoms with Crippen LogP contribution in [-0.2, 0) is 0 Å². The Hall–Kier alpha value is -0.770. The number of carbonyl (C=O) groups excluding carboxylic acids is 1. The van der Waals surface area contributed by atoms with Crippen molar-refractivity contribution in [2.45, 2.75) is 41.0 Å². The van der Waals surface area contributed by atoms with Gasteiger partial charge in [0.25, 0.3) is 0 Å². The Labute approximate surface area is 107 Å². The van der Waals surface area contributed by atoms with Gasteiger partial charge in [-0.3, -0.25) is 4.90 Å². The van der Waals surface area contributed by atoms with Gasteiger partial charge in [-0.15, -0.1) is 0 Å². The number of urea groups is 1. The molecule has 1 heterocycles. The Morgan fingerprint density at radius 3 is 1.88 bits per heavy atom. The van der Waals surface area contributed by atoms with Gasteiger partial charge in [0.1, 0.15) is 0 Å². The molecule has 4 heteroatoms. The minimum atomic E-state index is 0.0520. The van der Waals surface area contributed by atoms with Crippen molar-refractivity contribution < 1.29 is 4.79 Å². The zero-order valence-electron chi connectivity index (χ0n) is 12.5. The first-order valence-corrected chi connectivity index (χ1v) is 6.97. The second kappa shape index (κ2) is 13.3. The fraction of sp³-hybridized carbons (Fsp3) is 0.923. The van der Waals surface area contributed by atoms with E-state index in [9.17, 15) is 4.79 Å². The topological polar surface area (TPSA) is 35.6 Å². The smallest absolute Gasteiger partial charge is 0.317 e. The van der Waals surface area contributed by atoms with Crippen molar-refractivity contribution in [2.24, 2.45) is 0 Å². The summed E-state index contributed by atoms with van der Waals surface area (Å²) >= 11 is 0. The summed E-state index contributed by atoms with van der Waals surface area (Å²) in [6.07, 6.45) is 1.19. The molecule has 0 aromatic carbocycles. The van der Waals surface area contributed by atoms with Crippen LogP contribution in [0.15, 0.2) is 0 Å². The summed E-state index contributed by atoms with van der Waals surface area (Å²) in [6, 6.07) is 0.0520. The lowest BCUT2D eigenvalue weighted by molar-refractivity contribution is 0.140. The molecule has 1 N–H and O–H groups in total. The molecule has 0 aromatic rings. The molecule has 0 unspecified atom stereocenters. The monoisotopic (exact) mass is 245 g/mol. The lowest BCUT2D eigenvalue weighted by atomic mass is 10.3. The van der Waals surface area contributed by atoms with E-state index in [1.165, 1.54) is 6.42 Å². The number of nitrogens with one attached hydrogen (secondary N) is 1. The van der Waals surface area contributed by atoms with Gasteiger partial charge in [-0.2, -0.15) is 0 Å². The number of hydrogen-bond acceptors (Lipinski definition) is 2. The Morgan fingerprint density at radius 2 is 1.53 bits per heavy atom. The fourth-order valence-electron chi connectivity index (χ4n) is 1.65. The van der Waals surface area contributed by atoms with Crippen molar-refractivity contribution in [3.63, 3.8) is 0 Å². The van der Waals surface area contributed by atoms with Crippen molar-refractivity contribution in [2.75, 3.05) is 39.8 Å². The molecule has 0 spiro atoms. The standard InChI is InChI=1S/C9H19N3O.2C2H6/c1-3-4-11-5-7-12(8-6-11)9(13)10-2;2*1-2/h3-8H2,1-2H3,(H,10,13);2*1-2H3. The number of rotatable bonds is 2. The summed E-state index contributed by atoms with van der Waals surface area (Å²) in [4.78, 5) is 15.5. The van der Waals surface area contributed by atoms with Crippen LogP contribution < -0.4 is 5.32 Å². The normalized spacial score (nSPS) is 15.1. The minimum absolute atomic E-state index is 0.0520. The third-order valence-electron chi connectivity index (χ3n) is 2.41. The van der Waals surface area contributed by atoms with Gasteiger partial charge < -0.3 is 10.2 Å².